The molecule has 0 saturated carbocycles. The normalized spacial score (nSPS) is 19.7. The molecule has 1 aliphatic heterocycles. The Morgan fingerprint density at radius 1 is 1.32 bits per heavy atom. The van der Waals surface area contributed by atoms with E-state index in [1.54, 1.807) is 6.07 Å². The lowest BCUT2D eigenvalue weighted by molar-refractivity contribution is 0.0969. The van der Waals surface area contributed by atoms with Crippen molar-refractivity contribution >= 4 is 39.2 Å². The Morgan fingerprint density at radius 3 is 2.53 bits per heavy atom. The lowest BCUT2D eigenvalue weighted by atomic mass is 10.1. The maximum absolute atomic E-state index is 12.1. The van der Waals surface area contributed by atoms with Crippen molar-refractivity contribution in [2.24, 2.45) is 0 Å². The van der Waals surface area contributed by atoms with Gasteiger partial charge in [0.25, 0.3) is 10.2 Å². The van der Waals surface area contributed by atoms with E-state index in [-0.39, 0.29) is 22.9 Å². The minimum atomic E-state index is -3.51. The second-order valence-corrected chi connectivity index (χ2v) is 7.09. The van der Waals surface area contributed by atoms with Gasteiger partial charge in [-0.05, 0) is 18.2 Å². The molecule has 8 heteroatoms. The van der Waals surface area contributed by atoms with E-state index in [0.717, 1.165) is 4.31 Å². The highest BCUT2D eigenvalue weighted by atomic mass is 35.5. The van der Waals surface area contributed by atoms with Crippen LogP contribution in [0.1, 0.15) is 10.4 Å². The van der Waals surface area contributed by atoms with Crippen LogP contribution in [0.2, 0.25) is 10.0 Å². The van der Waals surface area contributed by atoms with Crippen molar-refractivity contribution in [1.82, 2.24) is 8.61 Å². The fourth-order valence-corrected chi connectivity index (χ4v) is 3.62. The molecule has 1 aromatic rings. The lowest BCUT2D eigenvalue weighted by Gasteiger charge is -2.15. The van der Waals surface area contributed by atoms with E-state index < -0.39 is 10.2 Å². The molecule has 19 heavy (non-hydrogen) atoms. The van der Waals surface area contributed by atoms with Crippen molar-refractivity contribution in [3.05, 3.63) is 33.8 Å². The van der Waals surface area contributed by atoms with E-state index >= 15 is 0 Å². The van der Waals surface area contributed by atoms with E-state index in [9.17, 15) is 13.2 Å². The molecule has 0 amide bonds. The summed E-state index contributed by atoms with van der Waals surface area (Å²) in [4.78, 5) is 12.1. The third kappa shape index (κ3) is 2.93. The fourth-order valence-electron chi connectivity index (χ4n) is 1.80. The van der Waals surface area contributed by atoms with Crippen LogP contribution in [0.3, 0.4) is 0 Å². The second-order valence-electron chi connectivity index (χ2n) is 4.21. The number of carbonyl (C=O) groups excluding carboxylic acids is 1. The molecule has 0 bridgehead atoms. The van der Waals surface area contributed by atoms with Gasteiger partial charge in [0.05, 0.1) is 11.6 Å². The third-order valence-corrected chi connectivity index (χ3v) is 5.42. The van der Waals surface area contributed by atoms with E-state index in [4.69, 9.17) is 23.2 Å². The highest BCUT2D eigenvalue weighted by molar-refractivity contribution is 7.87. The van der Waals surface area contributed by atoms with Gasteiger partial charge < -0.3 is 0 Å². The number of carbonyl (C=O) groups is 1. The van der Waals surface area contributed by atoms with Gasteiger partial charge in [-0.15, -0.1) is 0 Å². The summed E-state index contributed by atoms with van der Waals surface area (Å²) in [5, 5.41) is 0.650. The number of hydrogen-bond donors (Lipinski definition) is 0. The van der Waals surface area contributed by atoms with E-state index in [0.29, 0.717) is 18.1 Å². The lowest BCUT2D eigenvalue weighted by Crippen LogP contribution is -2.34. The molecule has 1 aromatic carbocycles. The second kappa shape index (κ2) is 5.38. The van der Waals surface area contributed by atoms with Crippen molar-refractivity contribution in [1.29, 1.82) is 0 Å². The van der Waals surface area contributed by atoms with Crippen LogP contribution < -0.4 is 0 Å². The summed E-state index contributed by atoms with van der Waals surface area (Å²) in [5.74, 6) is -0.347. The van der Waals surface area contributed by atoms with Crippen LogP contribution in [0.25, 0.3) is 0 Å². The zero-order valence-corrected chi connectivity index (χ0v) is 12.5. The average Bonchev–Trinajstić information content (AvgIpc) is 2.56. The molecular weight excluding hydrogens is 311 g/mol. The first kappa shape index (κ1) is 14.7. The molecule has 0 radical (unpaired) electrons. The van der Waals surface area contributed by atoms with Crippen molar-refractivity contribution in [3.63, 3.8) is 0 Å². The SMILES string of the molecule is CN1CCN(CC(=O)c2ccc(Cl)cc2Cl)S1(=O)=O. The number of halogens is 2. The Hall–Kier alpha value is -0.660. The van der Waals surface area contributed by atoms with Gasteiger partial charge in [-0.2, -0.15) is 17.0 Å². The monoisotopic (exact) mass is 322 g/mol. The van der Waals surface area contributed by atoms with Crippen molar-refractivity contribution in [2.75, 3.05) is 26.7 Å². The molecule has 1 saturated heterocycles. The molecule has 0 aromatic heterocycles. The standard InChI is InChI=1S/C11H12Cl2N2O3S/c1-14-4-5-15(19(14,17)18)7-11(16)9-3-2-8(12)6-10(9)13/h2-3,6H,4-5,7H2,1H3. The number of likely N-dealkylation sites (N-methyl/N-ethyl adjacent to an activating group) is 1. The van der Waals surface area contributed by atoms with E-state index in [2.05, 4.69) is 0 Å². The minimum absolute atomic E-state index is 0.214. The van der Waals surface area contributed by atoms with Crippen LogP contribution in [0.4, 0.5) is 0 Å². The van der Waals surface area contributed by atoms with Gasteiger partial charge in [0.2, 0.25) is 0 Å². The van der Waals surface area contributed by atoms with Crippen LogP contribution in [-0.2, 0) is 10.2 Å². The summed E-state index contributed by atoms with van der Waals surface area (Å²) in [6.45, 7) is 0.466. The molecule has 0 unspecified atom stereocenters. The van der Waals surface area contributed by atoms with Crippen LogP contribution in [-0.4, -0.2) is 49.5 Å². The number of hydrogen-bond acceptors (Lipinski definition) is 3. The maximum atomic E-state index is 12.1. The molecule has 0 N–H and O–H groups in total. The average molecular weight is 323 g/mol. The molecule has 104 valence electrons. The van der Waals surface area contributed by atoms with Crippen LogP contribution in [0.5, 0.6) is 0 Å². The first-order chi connectivity index (χ1) is 8.82. The topological polar surface area (TPSA) is 57.7 Å². The first-order valence-electron chi connectivity index (χ1n) is 5.52. The van der Waals surface area contributed by atoms with Gasteiger partial charge in [0.1, 0.15) is 0 Å². The summed E-state index contributed by atoms with van der Waals surface area (Å²) >= 11 is 11.7. The van der Waals surface area contributed by atoms with Gasteiger partial charge in [-0.25, -0.2) is 0 Å². The summed E-state index contributed by atoms with van der Waals surface area (Å²) < 4.78 is 26.0. The highest BCUT2D eigenvalue weighted by Crippen LogP contribution is 2.22. The van der Waals surface area contributed by atoms with Crippen LogP contribution in [0, 0.1) is 0 Å². The predicted octanol–water partition coefficient (Wildman–Crippen LogP) is 1.67. The summed E-state index contributed by atoms with van der Waals surface area (Å²) in [6.07, 6.45) is 0. The molecular formula is C11H12Cl2N2O3S. The Morgan fingerprint density at radius 2 is 2.00 bits per heavy atom. The molecule has 1 heterocycles. The Labute approximate surface area is 121 Å². The Bertz CT molecular complexity index is 618. The van der Waals surface area contributed by atoms with Gasteiger partial charge in [0.15, 0.2) is 5.78 Å². The molecule has 1 fully saturated rings. The van der Waals surface area contributed by atoms with Crippen molar-refractivity contribution in [3.8, 4) is 0 Å². The summed E-state index contributed by atoms with van der Waals surface area (Å²) in [7, 11) is -2.03. The number of Topliss-reactive ketones (excluding diaryl/α,β-unsaturated/α-hetero) is 1. The number of ketones is 1. The molecule has 0 atom stereocenters. The fraction of sp³-hybridized carbons (Fsp3) is 0.364. The summed E-state index contributed by atoms with van der Waals surface area (Å²) in [6, 6.07) is 4.51. The number of benzene rings is 1. The van der Waals surface area contributed by atoms with Crippen molar-refractivity contribution < 1.29 is 13.2 Å². The van der Waals surface area contributed by atoms with E-state index in [1.165, 1.54) is 23.5 Å². The first-order valence-corrected chi connectivity index (χ1v) is 7.67. The zero-order valence-electron chi connectivity index (χ0n) is 10.1. The molecule has 0 aliphatic carbocycles. The number of rotatable bonds is 3. The smallest absolute Gasteiger partial charge is 0.282 e. The van der Waals surface area contributed by atoms with E-state index in [1.807, 2.05) is 0 Å². The zero-order chi connectivity index (χ0) is 14.2. The third-order valence-electron chi connectivity index (χ3n) is 2.94. The molecule has 1 aliphatic rings. The molecule has 0 spiro atoms. The van der Waals surface area contributed by atoms with Crippen molar-refractivity contribution in [2.45, 2.75) is 0 Å². The minimum Gasteiger partial charge on any atom is -0.293 e. The molecule has 5 nitrogen and oxygen atoms in total. The summed E-state index contributed by atoms with van der Waals surface area (Å²) in [5.41, 5.74) is 0.274. The van der Waals surface area contributed by atoms with Gasteiger partial charge in [-0.1, -0.05) is 23.2 Å². The predicted molar refractivity (Wildman–Crippen MR) is 73.9 cm³/mol. The number of nitrogens with zero attached hydrogens (tertiary/aromatic N) is 2. The van der Waals surface area contributed by atoms with Gasteiger partial charge in [-0.3, -0.25) is 4.79 Å². The van der Waals surface area contributed by atoms with Crippen LogP contribution in [0.15, 0.2) is 18.2 Å². The quantitative estimate of drug-likeness (QED) is 0.795. The molecule has 2 rings (SSSR count). The Balaban J connectivity index is 2.18. The maximum Gasteiger partial charge on any atom is 0.282 e. The largest absolute Gasteiger partial charge is 0.293 e. The van der Waals surface area contributed by atoms with Gasteiger partial charge in [0, 0.05) is 30.7 Å². The van der Waals surface area contributed by atoms with Gasteiger partial charge >= 0.3 is 0 Å². The highest BCUT2D eigenvalue weighted by Gasteiger charge is 2.35. The van der Waals surface area contributed by atoms with Crippen LogP contribution >= 0.6 is 23.2 Å². The Kier molecular flexibility index (Phi) is 4.17.